The molecule has 3 N–H and O–H groups in total. The Morgan fingerprint density at radius 3 is 2.50 bits per heavy atom. The largest absolute Gasteiger partial charge is 0.492 e. The van der Waals surface area contributed by atoms with E-state index < -0.39 is 0 Å². The number of anilines is 1. The van der Waals surface area contributed by atoms with Crippen molar-refractivity contribution in [1.29, 1.82) is 0 Å². The molecule has 0 spiro atoms. The van der Waals surface area contributed by atoms with Crippen LogP contribution < -0.4 is 15.8 Å². The fraction of sp³-hybridized carbons (Fsp3) is 0.182. The van der Waals surface area contributed by atoms with Gasteiger partial charge in [0.1, 0.15) is 12.4 Å². The Morgan fingerprint density at radius 2 is 1.69 bits per heavy atom. The molecule has 0 unspecified atom stereocenters. The number of hydrogen-bond acceptors (Lipinski definition) is 4. The number of nitrogen functional groups attached to an aromatic ring is 1. The normalized spacial score (nSPS) is 10.7. The van der Waals surface area contributed by atoms with Crippen LogP contribution in [0, 0.1) is 6.92 Å². The van der Waals surface area contributed by atoms with Gasteiger partial charge in [-0.05, 0) is 48.4 Å². The third-order valence-corrected chi connectivity index (χ3v) is 5.17. The fourth-order valence-electron chi connectivity index (χ4n) is 2.61. The van der Waals surface area contributed by atoms with E-state index in [0.717, 1.165) is 29.4 Å². The third-order valence-electron chi connectivity index (χ3n) is 3.96. The number of nitrogens with two attached hydrogens (primary N) is 1. The minimum Gasteiger partial charge on any atom is -0.492 e. The molecule has 0 fully saturated rings. The molecule has 0 saturated carbocycles. The predicted molar refractivity (Wildman–Crippen MR) is 110 cm³/mol. The average molecular weight is 365 g/mol. The van der Waals surface area contributed by atoms with E-state index in [9.17, 15) is 0 Å². The van der Waals surface area contributed by atoms with Crippen LogP contribution in [0.15, 0.2) is 82.6 Å². The number of benzene rings is 3. The van der Waals surface area contributed by atoms with Gasteiger partial charge in [-0.1, -0.05) is 54.2 Å². The zero-order valence-electron chi connectivity index (χ0n) is 14.9. The molecule has 0 atom stereocenters. The molecule has 0 radical (unpaired) electrons. The van der Waals surface area contributed by atoms with Crippen molar-refractivity contribution in [2.24, 2.45) is 0 Å². The van der Waals surface area contributed by atoms with Crippen LogP contribution in [0.1, 0.15) is 11.1 Å². The second-order valence-corrected chi connectivity index (χ2v) is 7.17. The summed E-state index contributed by atoms with van der Waals surface area (Å²) in [6.07, 6.45) is 0. The van der Waals surface area contributed by atoms with Crippen molar-refractivity contribution in [2.45, 2.75) is 23.3 Å². The molecule has 0 aliphatic rings. The lowest BCUT2D eigenvalue weighted by atomic mass is 10.2. The fourth-order valence-corrected chi connectivity index (χ4v) is 3.60. The average Bonchev–Trinajstić information content (AvgIpc) is 2.65. The minimum atomic E-state index is 0.643. The maximum Gasteiger partial charge on any atom is 0.119 e. The lowest BCUT2D eigenvalue weighted by molar-refractivity contribution is 0.313. The number of aryl methyl sites for hydroxylation is 1. The molecule has 0 amide bonds. The molecule has 0 aromatic heterocycles. The van der Waals surface area contributed by atoms with Gasteiger partial charge in [-0.15, -0.1) is 0 Å². The van der Waals surface area contributed by atoms with E-state index in [1.165, 1.54) is 16.0 Å². The maximum atomic E-state index is 6.07. The number of nitrogens with one attached hydrogen (secondary N) is 1. The molecule has 0 aliphatic carbocycles. The van der Waals surface area contributed by atoms with Crippen molar-refractivity contribution >= 4 is 17.4 Å². The molecule has 0 heterocycles. The van der Waals surface area contributed by atoms with Gasteiger partial charge in [-0.2, -0.15) is 0 Å². The monoisotopic (exact) mass is 364 g/mol. The standard InChI is InChI=1S/C22H24N2OS/c1-17-7-6-9-19(15-17)25-14-13-24-16-18-8-2-4-11-21(18)26-22-12-5-3-10-20(22)23/h2-12,15,24H,13-14,16,23H2,1H3. The number of ether oxygens (including phenoxy) is 1. The Kier molecular flexibility index (Phi) is 6.58. The summed E-state index contributed by atoms with van der Waals surface area (Å²) in [6, 6.07) is 24.5. The molecule has 3 aromatic rings. The Labute approximate surface area is 159 Å². The first-order chi connectivity index (χ1) is 12.7. The Balaban J connectivity index is 1.51. The topological polar surface area (TPSA) is 47.3 Å². The minimum absolute atomic E-state index is 0.643. The molecule has 134 valence electrons. The summed E-state index contributed by atoms with van der Waals surface area (Å²) in [7, 11) is 0. The van der Waals surface area contributed by atoms with Gasteiger partial charge in [-0.3, -0.25) is 0 Å². The smallest absolute Gasteiger partial charge is 0.119 e. The first-order valence-electron chi connectivity index (χ1n) is 8.73. The van der Waals surface area contributed by atoms with Crippen molar-refractivity contribution in [3.63, 3.8) is 0 Å². The predicted octanol–water partition coefficient (Wildman–Crippen LogP) is 4.90. The van der Waals surface area contributed by atoms with Gasteiger partial charge in [0.15, 0.2) is 0 Å². The van der Waals surface area contributed by atoms with E-state index in [4.69, 9.17) is 10.5 Å². The molecular formula is C22H24N2OS. The summed E-state index contributed by atoms with van der Waals surface area (Å²) in [5.74, 6) is 0.919. The Morgan fingerprint density at radius 1 is 0.923 bits per heavy atom. The van der Waals surface area contributed by atoms with E-state index >= 15 is 0 Å². The zero-order valence-corrected chi connectivity index (χ0v) is 15.8. The maximum absolute atomic E-state index is 6.07. The van der Waals surface area contributed by atoms with E-state index in [-0.39, 0.29) is 0 Å². The van der Waals surface area contributed by atoms with Crippen molar-refractivity contribution in [3.05, 3.63) is 83.9 Å². The Bertz CT molecular complexity index is 851. The zero-order chi connectivity index (χ0) is 18.2. The van der Waals surface area contributed by atoms with E-state index in [2.05, 4.69) is 54.7 Å². The van der Waals surface area contributed by atoms with Gasteiger partial charge < -0.3 is 15.8 Å². The van der Waals surface area contributed by atoms with Crippen molar-refractivity contribution < 1.29 is 4.74 Å². The number of rotatable bonds is 8. The highest BCUT2D eigenvalue weighted by atomic mass is 32.2. The SMILES string of the molecule is Cc1cccc(OCCNCc2ccccc2Sc2ccccc2N)c1. The summed E-state index contributed by atoms with van der Waals surface area (Å²) in [5, 5.41) is 3.46. The van der Waals surface area contributed by atoms with Crippen molar-refractivity contribution in [3.8, 4) is 5.75 Å². The molecule has 3 aromatic carbocycles. The molecule has 26 heavy (non-hydrogen) atoms. The molecule has 4 heteroatoms. The summed E-state index contributed by atoms with van der Waals surface area (Å²) in [4.78, 5) is 2.31. The highest BCUT2D eigenvalue weighted by Crippen LogP contribution is 2.33. The van der Waals surface area contributed by atoms with Crippen LogP contribution in [0.4, 0.5) is 5.69 Å². The molecule has 3 nitrogen and oxygen atoms in total. The number of hydrogen-bond donors (Lipinski definition) is 2. The second kappa shape index (κ2) is 9.32. The quantitative estimate of drug-likeness (QED) is 0.441. The Hall–Kier alpha value is -2.43. The molecule has 0 bridgehead atoms. The van der Waals surface area contributed by atoms with Crippen LogP contribution >= 0.6 is 11.8 Å². The van der Waals surface area contributed by atoms with Gasteiger partial charge in [0.25, 0.3) is 0 Å². The van der Waals surface area contributed by atoms with E-state index in [0.29, 0.717) is 6.61 Å². The molecule has 0 aliphatic heterocycles. The molecular weight excluding hydrogens is 340 g/mol. The van der Waals surface area contributed by atoms with Gasteiger partial charge in [0, 0.05) is 28.6 Å². The van der Waals surface area contributed by atoms with Gasteiger partial charge in [0.05, 0.1) is 0 Å². The summed E-state index contributed by atoms with van der Waals surface area (Å²) in [6.45, 7) is 4.30. The summed E-state index contributed by atoms with van der Waals surface area (Å²) < 4.78 is 5.78. The second-order valence-electron chi connectivity index (χ2n) is 6.09. The van der Waals surface area contributed by atoms with Crippen LogP contribution in [-0.2, 0) is 6.54 Å². The van der Waals surface area contributed by atoms with Gasteiger partial charge >= 0.3 is 0 Å². The summed E-state index contributed by atoms with van der Waals surface area (Å²) in [5.41, 5.74) is 9.35. The van der Waals surface area contributed by atoms with E-state index in [1.807, 2.05) is 30.3 Å². The van der Waals surface area contributed by atoms with Crippen LogP contribution in [-0.4, -0.2) is 13.2 Å². The number of para-hydroxylation sites is 1. The lowest BCUT2D eigenvalue weighted by Gasteiger charge is -2.12. The van der Waals surface area contributed by atoms with Crippen molar-refractivity contribution in [2.75, 3.05) is 18.9 Å². The first-order valence-corrected chi connectivity index (χ1v) is 9.54. The van der Waals surface area contributed by atoms with Crippen molar-refractivity contribution in [1.82, 2.24) is 5.32 Å². The van der Waals surface area contributed by atoms with Crippen LogP contribution in [0.3, 0.4) is 0 Å². The van der Waals surface area contributed by atoms with E-state index in [1.54, 1.807) is 11.8 Å². The lowest BCUT2D eigenvalue weighted by Crippen LogP contribution is -2.20. The van der Waals surface area contributed by atoms with Crippen LogP contribution in [0.5, 0.6) is 5.75 Å². The first kappa shape index (κ1) is 18.4. The highest BCUT2D eigenvalue weighted by molar-refractivity contribution is 7.99. The van der Waals surface area contributed by atoms with Gasteiger partial charge in [0.2, 0.25) is 0 Å². The third kappa shape index (κ3) is 5.28. The molecule has 0 saturated heterocycles. The van der Waals surface area contributed by atoms with Crippen LogP contribution in [0.25, 0.3) is 0 Å². The molecule has 3 rings (SSSR count). The van der Waals surface area contributed by atoms with Gasteiger partial charge in [-0.25, -0.2) is 0 Å². The van der Waals surface area contributed by atoms with Crippen LogP contribution in [0.2, 0.25) is 0 Å². The highest BCUT2D eigenvalue weighted by Gasteiger charge is 2.06. The summed E-state index contributed by atoms with van der Waals surface area (Å²) >= 11 is 1.71.